The molecule has 10 rings (SSSR count). The van der Waals surface area contributed by atoms with Gasteiger partial charge in [-0.05, 0) is 104 Å². The molecule has 4 heteroatoms. The first kappa shape index (κ1) is 29.4. The Bertz CT molecular complexity index is 2760. The van der Waals surface area contributed by atoms with Crippen LogP contribution in [-0.2, 0) is 5.41 Å². The van der Waals surface area contributed by atoms with Gasteiger partial charge in [-0.1, -0.05) is 129 Å². The van der Waals surface area contributed by atoms with Crippen molar-refractivity contribution in [3.63, 3.8) is 0 Å². The van der Waals surface area contributed by atoms with Gasteiger partial charge in [-0.2, -0.15) is 4.80 Å². The number of fused-ring (bicyclic) bond motifs is 8. The molecular formula is C47H34N4. The van der Waals surface area contributed by atoms with Gasteiger partial charge in [-0.3, -0.25) is 0 Å². The molecule has 51 heavy (non-hydrogen) atoms. The van der Waals surface area contributed by atoms with Crippen LogP contribution < -0.4 is 4.90 Å². The van der Waals surface area contributed by atoms with Crippen molar-refractivity contribution in [3.8, 4) is 27.9 Å². The minimum absolute atomic E-state index is 0.102. The van der Waals surface area contributed by atoms with Gasteiger partial charge in [-0.25, -0.2) is 0 Å². The molecule has 1 heterocycles. The molecule has 0 amide bonds. The molecule has 0 radical (unpaired) electrons. The minimum atomic E-state index is -0.102. The van der Waals surface area contributed by atoms with E-state index in [0.717, 1.165) is 55.3 Å². The van der Waals surface area contributed by atoms with Crippen LogP contribution in [-0.4, -0.2) is 15.0 Å². The zero-order valence-corrected chi connectivity index (χ0v) is 28.5. The second kappa shape index (κ2) is 11.3. The van der Waals surface area contributed by atoms with E-state index in [9.17, 15) is 0 Å². The molecule has 9 aromatic rings. The highest BCUT2D eigenvalue weighted by Crippen LogP contribution is 2.50. The monoisotopic (exact) mass is 654 g/mol. The van der Waals surface area contributed by atoms with Crippen LogP contribution in [0, 0.1) is 0 Å². The van der Waals surface area contributed by atoms with Gasteiger partial charge >= 0.3 is 0 Å². The number of para-hydroxylation sites is 1. The van der Waals surface area contributed by atoms with Gasteiger partial charge in [-0.15, -0.1) is 10.2 Å². The van der Waals surface area contributed by atoms with Crippen molar-refractivity contribution in [3.05, 3.63) is 181 Å². The molecule has 4 nitrogen and oxygen atoms in total. The summed E-state index contributed by atoms with van der Waals surface area (Å²) in [4.78, 5) is 4.13. The SMILES string of the molecule is CC1(C)c2ccccc2-c2ccc(N(c3ccc(-c4ccccc4)cc3)c3ccc4c(ccc5ccc6nn(-c7ccccc7)nc6c54)c3)cc21. The second-order valence-electron chi connectivity index (χ2n) is 14.0. The van der Waals surface area contributed by atoms with Gasteiger partial charge < -0.3 is 4.90 Å². The summed E-state index contributed by atoms with van der Waals surface area (Å²) in [6, 6.07) is 60.9. The number of anilines is 3. The molecule has 0 aliphatic heterocycles. The lowest BCUT2D eigenvalue weighted by atomic mass is 9.82. The molecule has 1 aromatic heterocycles. The number of benzene rings is 8. The molecule has 0 spiro atoms. The smallest absolute Gasteiger partial charge is 0.122 e. The maximum atomic E-state index is 5.01. The third kappa shape index (κ3) is 4.68. The van der Waals surface area contributed by atoms with Crippen LogP contribution in [0.15, 0.2) is 170 Å². The fourth-order valence-electron chi connectivity index (χ4n) is 8.04. The van der Waals surface area contributed by atoms with Crippen molar-refractivity contribution in [1.82, 2.24) is 15.0 Å². The third-order valence-corrected chi connectivity index (χ3v) is 10.6. The quantitative estimate of drug-likeness (QED) is 0.173. The van der Waals surface area contributed by atoms with E-state index in [1.807, 2.05) is 30.3 Å². The fraction of sp³-hybridized carbons (Fsp3) is 0.0638. The van der Waals surface area contributed by atoms with Crippen molar-refractivity contribution in [2.75, 3.05) is 4.90 Å². The van der Waals surface area contributed by atoms with E-state index in [2.05, 4.69) is 158 Å². The third-order valence-electron chi connectivity index (χ3n) is 10.6. The summed E-state index contributed by atoms with van der Waals surface area (Å²) in [5.74, 6) is 0. The van der Waals surface area contributed by atoms with E-state index in [1.54, 1.807) is 4.80 Å². The highest BCUT2D eigenvalue weighted by Gasteiger charge is 2.35. The lowest BCUT2D eigenvalue weighted by molar-refractivity contribution is 0.660. The molecule has 0 atom stereocenters. The van der Waals surface area contributed by atoms with Gasteiger partial charge in [0.15, 0.2) is 0 Å². The van der Waals surface area contributed by atoms with Crippen LogP contribution in [0.25, 0.3) is 60.5 Å². The molecule has 0 unspecified atom stereocenters. The van der Waals surface area contributed by atoms with Crippen molar-refractivity contribution in [1.29, 1.82) is 0 Å². The Morgan fingerprint density at radius 2 is 1.12 bits per heavy atom. The maximum Gasteiger partial charge on any atom is 0.122 e. The van der Waals surface area contributed by atoms with Crippen LogP contribution in [0.2, 0.25) is 0 Å². The molecule has 0 N–H and O–H groups in total. The summed E-state index contributed by atoms with van der Waals surface area (Å²) >= 11 is 0. The van der Waals surface area contributed by atoms with E-state index in [0.29, 0.717) is 0 Å². The summed E-state index contributed by atoms with van der Waals surface area (Å²) in [5, 5.41) is 14.4. The largest absolute Gasteiger partial charge is 0.310 e. The highest BCUT2D eigenvalue weighted by molar-refractivity contribution is 6.18. The molecule has 0 saturated heterocycles. The lowest BCUT2D eigenvalue weighted by Crippen LogP contribution is -2.16. The predicted molar refractivity (Wildman–Crippen MR) is 212 cm³/mol. The molecule has 1 aliphatic rings. The van der Waals surface area contributed by atoms with Crippen molar-refractivity contribution >= 4 is 49.6 Å². The lowest BCUT2D eigenvalue weighted by Gasteiger charge is -2.28. The number of rotatable bonds is 5. The van der Waals surface area contributed by atoms with Gasteiger partial charge in [0, 0.05) is 27.9 Å². The topological polar surface area (TPSA) is 34.0 Å². The Kier molecular flexibility index (Phi) is 6.49. The van der Waals surface area contributed by atoms with E-state index in [4.69, 9.17) is 10.2 Å². The van der Waals surface area contributed by atoms with E-state index >= 15 is 0 Å². The maximum absolute atomic E-state index is 5.01. The fourth-order valence-corrected chi connectivity index (χ4v) is 8.04. The molecule has 1 aliphatic carbocycles. The Hall–Kier alpha value is -6.52. The van der Waals surface area contributed by atoms with E-state index < -0.39 is 0 Å². The standard InChI is InChI=1S/C47H34N4/c1-47(2)42-16-10-9-15-40(42)41-27-25-38(30-43(41)47)50(35-22-19-32(20-23-35)31-11-5-3-6-12-31)37-24-26-39-34(29-37)18-17-33-21-28-44-46(45(33)39)49-51(48-44)36-13-7-4-8-14-36/h3-30H,1-2H3. The Balaban J connectivity index is 1.14. The van der Waals surface area contributed by atoms with E-state index in [1.165, 1.54) is 33.4 Å². The number of aromatic nitrogens is 3. The van der Waals surface area contributed by atoms with Gasteiger partial charge in [0.25, 0.3) is 0 Å². The van der Waals surface area contributed by atoms with Crippen LogP contribution in [0.4, 0.5) is 17.1 Å². The first-order chi connectivity index (χ1) is 25.0. The normalized spacial score (nSPS) is 13.1. The number of hydrogen-bond acceptors (Lipinski definition) is 3. The molecule has 0 saturated carbocycles. The zero-order chi connectivity index (χ0) is 34.1. The molecule has 8 aromatic carbocycles. The molecular weight excluding hydrogens is 621 g/mol. The average molecular weight is 655 g/mol. The number of nitrogens with zero attached hydrogens (tertiary/aromatic N) is 4. The summed E-state index contributed by atoms with van der Waals surface area (Å²) in [6.07, 6.45) is 0. The molecule has 242 valence electrons. The summed E-state index contributed by atoms with van der Waals surface area (Å²) in [5.41, 5.74) is 13.7. The first-order valence-corrected chi connectivity index (χ1v) is 17.5. The average Bonchev–Trinajstić information content (AvgIpc) is 3.72. The molecule has 0 fully saturated rings. The Morgan fingerprint density at radius 1 is 0.490 bits per heavy atom. The second-order valence-corrected chi connectivity index (χ2v) is 14.0. The highest BCUT2D eigenvalue weighted by atomic mass is 15.5. The Labute approximate surface area is 296 Å². The summed E-state index contributed by atoms with van der Waals surface area (Å²) < 4.78 is 0. The van der Waals surface area contributed by atoms with Gasteiger partial charge in [0.05, 0.1) is 5.69 Å². The molecule has 0 bridgehead atoms. The van der Waals surface area contributed by atoms with E-state index in [-0.39, 0.29) is 5.41 Å². The number of hydrogen-bond donors (Lipinski definition) is 0. The van der Waals surface area contributed by atoms with Gasteiger partial charge in [0.1, 0.15) is 11.0 Å². The minimum Gasteiger partial charge on any atom is -0.310 e. The van der Waals surface area contributed by atoms with Crippen LogP contribution >= 0.6 is 0 Å². The predicted octanol–water partition coefficient (Wildman–Crippen LogP) is 12.2. The van der Waals surface area contributed by atoms with Crippen LogP contribution in [0.5, 0.6) is 0 Å². The Morgan fingerprint density at radius 3 is 1.94 bits per heavy atom. The summed E-state index contributed by atoms with van der Waals surface area (Å²) in [7, 11) is 0. The van der Waals surface area contributed by atoms with Crippen molar-refractivity contribution in [2.24, 2.45) is 0 Å². The van der Waals surface area contributed by atoms with Crippen molar-refractivity contribution in [2.45, 2.75) is 19.3 Å². The first-order valence-electron chi connectivity index (χ1n) is 17.5. The van der Waals surface area contributed by atoms with Crippen LogP contribution in [0.3, 0.4) is 0 Å². The summed E-state index contributed by atoms with van der Waals surface area (Å²) in [6.45, 7) is 4.69. The van der Waals surface area contributed by atoms with Gasteiger partial charge in [0.2, 0.25) is 0 Å². The van der Waals surface area contributed by atoms with Crippen LogP contribution in [0.1, 0.15) is 25.0 Å². The zero-order valence-electron chi connectivity index (χ0n) is 28.5. The van der Waals surface area contributed by atoms with Crippen molar-refractivity contribution < 1.29 is 0 Å².